The second-order valence-electron chi connectivity index (χ2n) is 0.901. The molecule has 0 aromatic heterocycles. The fraction of sp³-hybridized carbons (Fsp3) is 0.750. The molecule has 0 amide bonds. The van der Waals surface area contributed by atoms with E-state index in [4.69, 9.17) is 0 Å². The summed E-state index contributed by atoms with van der Waals surface area (Å²) in [5, 5.41) is 12.9. The van der Waals surface area contributed by atoms with Crippen LogP contribution in [-0.2, 0) is 9.94 Å². The molecule has 0 fully saturated rings. The molecule has 0 unspecified atom stereocenters. The molecule has 7 heavy (non-hydrogen) atoms. The highest BCUT2D eigenvalue weighted by molar-refractivity contribution is 5.52. The summed E-state index contributed by atoms with van der Waals surface area (Å²) < 4.78 is 0. The first-order chi connectivity index (χ1) is 3.41. The van der Waals surface area contributed by atoms with Crippen molar-refractivity contribution in [2.45, 2.75) is 6.92 Å². The van der Waals surface area contributed by atoms with Crippen LogP contribution in [0.3, 0.4) is 0 Å². The summed E-state index contributed by atoms with van der Waals surface area (Å²) >= 11 is 0. The predicted molar refractivity (Wildman–Crippen MR) is 25.7 cm³/mol. The minimum atomic E-state index is -0.225. The predicted octanol–water partition coefficient (Wildman–Crippen LogP) is 0.439. The molecule has 0 N–H and O–H groups in total. The second kappa shape index (κ2) is 5.43. The lowest BCUT2D eigenvalue weighted by Gasteiger charge is -1.87. The van der Waals surface area contributed by atoms with Crippen LogP contribution in [0.2, 0.25) is 0 Å². The first-order valence-electron chi connectivity index (χ1n) is 2.10. The van der Waals surface area contributed by atoms with E-state index in [1.807, 2.05) is 0 Å². The molecule has 3 nitrogen and oxygen atoms in total. The standard InChI is InChI=1S/C4H8NO2/c1-2-5-7-4-3-6/h2H,3-4H2,1H3/b5-2+. The van der Waals surface area contributed by atoms with E-state index in [0.717, 1.165) is 0 Å². The van der Waals surface area contributed by atoms with Crippen LogP contribution in [0.5, 0.6) is 0 Å². The van der Waals surface area contributed by atoms with Gasteiger partial charge < -0.3 is 4.84 Å². The molecule has 0 aliphatic heterocycles. The van der Waals surface area contributed by atoms with Gasteiger partial charge in [-0.15, -0.1) is 0 Å². The number of hydrogen-bond acceptors (Lipinski definition) is 2. The summed E-state index contributed by atoms with van der Waals surface area (Å²) in [6.07, 6.45) is 1.50. The summed E-state index contributed by atoms with van der Waals surface area (Å²) in [6.45, 7) is 1.67. The maximum Gasteiger partial charge on any atom is 0.143 e. The van der Waals surface area contributed by atoms with Crippen molar-refractivity contribution in [2.75, 3.05) is 13.2 Å². The Kier molecular flexibility index (Phi) is 4.99. The highest BCUT2D eigenvalue weighted by Crippen LogP contribution is 1.69. The molecule has 0 heterocycles. The molecule has 0 saturated carbocycles. The second-order valence-corrected chi connectivity index (χ2v) is 0.901. The number of nitrogens with zero attached hydrogens (tertiary/aromatic N) is 1. The van der Waals surface area contributed by atoms with Gasteiger partial charge in [0.25, 0.3) is 0 Å². The fourth-order valence-electron chi connectivity index (χ4n) is 0.165. The molecule has 0 aliphatic rings. The van der Waals surface area contributed by atoms with E-state index in [0.29, 0.717) is 0 Å². The summed E-state index contributed by atoms with van der Waals surface area (Å²) in [5.41, 5.74) is 0. The van der Waals surface area contributed by atoms with Crippen molar-refractivity contribution in [3.8, 4) is 0 Å². The summed E-state index contributed by atoms with van der Waals surface area (Å²) in [7, 11) is 0. The molecule has 0 bridgehead atoms. The number of hydrogen-bond donors (Lipinski definition) is 0. The lowest BCUT2D eigenvalue weighted by Crippen LogP contribution is -1.90. The van der Waals surface area contributed by atoms with Gasteiger partial charge in [-0.1, -0.05) is 5.16 Å². The highest BCUT2D eigenvalue weighted by Gasteiger charge is 1.74. The molecular formula is C4H8NO2. The van der Waals surface area contributed by atoms with Gasteiger partial charge in [0.05, 0.1) is 0 Å². The number of rotatable bonds is 3. The third kappa shape index (κ3) is 5.43. The van der Waals surface area contributed by atoms with E-state index >= 15 is 0 Å². The molecule has 0 atom stereocenters. The Morgan fingerprint density at radius 1 is 1.86 bits per heavy atom. The van der Waals surface area contributed by atoms with Crippen LogP contribution in [0, 0.1) is 0 Å². The molecule has 1 radical (unpaired) electrons. The lowest BCUT2D eigenvalue weighted by atomic mass is 10.8. The Labute approximate surface area is 42.6 Å². The SMILES string of the molecule is C/C=N/OCC[O]. The zero-order chi connectivity index (χ0) is 5.54. The van der Waals surface area contributed by atoms with Gasteiger partial charge in [0.2, 0.25) is 0 Å². The zero-order valence-corrected chi connectivity index (χ0v) is 4.26. The molecule has 0 aliphatic carbocycles. The molecule has 0 aromatic rings. The summed E-state index contributed by atoms with van der Waals surface area (Å²) in [4.78, 5) is 4.39. The molecule has 0 rings (SSSR count). The molecule has 0 spiro atoms. The smallest absolute Gasteiger partial charge is 0.143 e. The lowest BCUT2D eigenvalue weighted by molar-refractivity contribution is 0.0687. The first-order valence-corrected chi connectivity index (χ1v) is 2.10. The maximum absolute atomic E-state index is 9.61. The largest absolute Gasteiger partial charge is 0.393 e. The molecule has 3 heteroatoms. The molecular weight excluding hydrogens is 94.0 g/mol. The summed E-state index contributed by atoms with van der Waals surface area (Å²) in [5.74, 6) is 0. The van der Waals surface area contributed by atoms with Gasteiger partial charge in [-0.25, -0.2) is 5.11 Å². The molecule has 0 aromatic carbocycles. The Morgan fingerprint density at radius 2 is 2.57 bits per heavy atom. The van der Waals surface area contributed by atoms with E-state index < -0.39 is 0 Å². The minimum absolute atomic E-state index is 0.171. The maximum atomic E-state index is 9.61. The third-order valence-electron chi connectivity index (χ3n) is 0.355. The van der Waals surface area contributed by atoms with Crippen LogP contribution in [0.1, 0.15) is 6.92 Å². The van der Waals surface area contributed by atoms with Crippen LogP contribution >= 0.6 is 0 Å². The van der Waals surface area contributed by atoms with Gasteiger partial charge in [-0.3, -0.25) is 0 Å². The van der Waals surface area contributed by atoms with Gasteiger partial charge >= 0.3 is 0 Å². The van der Waals surface area contributed by atoms with E-state index in [1.165, 1.54) is 6.21 Å². The zero-order valence-electron chi connectivity index (χ0n) is 4.26. The van der Waals surface area contributed by atoms with E-state index in [2.05, 4.69) is 9.99 Å². The average molecular weight is 102 g/mol. The Hall–Kier alpha value is -0.570. The summed E-state index contributed by atoms with van der Waals surface area (Å²) in [6, 6.07) is 0. The van der Waals surface area contributed by atoms with Crippen molar-refractivity contribution in [3.63, 3.8) is 0 Å². The van der Waals surface area contributed by atoms with Crippen molar-refractivity contribution < 1.29 is 9.94 Å². The van der Waals surface area contributed by atoms with Gasteiger partial charge in [-0.2, -0.15) is 0 Å². The van der Waals surface area contributed by atoms with Gasteiger partial charge in [0, 0.05) is 6.21 Å². The Morgan fingerprint density at radius 3 is 3.00 bits per heavy atom. The Bertz CT molecular complexity index is 53.7. The topological polar surface area (TPSA) is 41.5 Å². The average Bonchev–Trinajstić information content (AvgIpc) is 1.69. The number of oxime groups is 1. The van der Waals surface area contributed by atoms with Gasteiger partial charge in [-0.05, 0) is 6.92 Å². The van der Waals surface area contributed by atoms with Gasteiger partial charge in [0.15, 0.2) is 0 Å². The normalized spacial score (nSPS) is 10.0. The van der Waals surface area contributed by atoms with Crippen LogP contribution in [0.25, 0.3) is 0 Å². The quantitative estimate of drug-likeness (QED) is 0.289. The van der Waals surface area contributed by atoms with Crippen molar-refractivity contribution in [3.05, 3.63) is 0 Å². The fourth-order valence-corrected chi connectivity index (χ4v) is 0.165. The van der Waals surface area contributed by atoms with Crippen LogP contribution in [0.4, 0.5) is 0 Å². The minimum Gasteiger partial charge on any atom is -0.393 e. The van der Waals surface area contributed by atoms with Crippen molar-refractivity contribution in [2.24, 2.45) is 5.16 Å². The van der Waals surface area contributed by atoms with E-state index in [1.54, 1.807) is 6.92 Å². The molecule has 0 saturated heterocycles. The van der Waals surface area contributed by atoms with Crippen LogP contribution in [0.15, 0.2) is 5.16 Å². The van der Waals surface area contributed by atoms with E-state index in [-0.39, 0.29) is 13.2 Å². The van der Waals surface area contributed by atoms with Crippen molar-refractivity contribution in [1.29, 1.82) is 0 Å². The van der Waals surface area contributed by atoms with Crippen LogP contribution < -0.4 is 0 Å². The van der Waals surface area contributed by atoms with E-state index in [9.17, 15) is 5.11 Å². The van der Waals surface area contributed by atoms with Crippen LogP contribution in [-0.4, -0.2) is 19.4 Å². The first kappa shape index (κ1) is 6.43. The molecule has 41 valence electrons. The third-order valence-corrected chi connectivity index (χ3v) is 0.355. The Balaban J connectivity index is 2.69. The van der Waals surface area contributed by atoms with Crippen molar-refractivity contribution >= 4 is 6.21 Å². The van der Waals surface area contributed by atoms with Crippen molar-refractivity contribution in [1.82, 2.24) is 0 Å². The van der Waals surface area contributed by atoms with Gasteiger partial charge in [0.1, 0.15) is 13.2 Å². The monoisotopic (exact) mass is 102 g/mol. The highest BCUT2D eigenvalue weighted by atomic mass is 16.6.